The first-order chi connectivity index (χ1) is 15.2. The maximum Gasteiger partial charge on any atom is 0.218 e. The van der Waals surface area contributed by atoms with Gasteiger partial charge in [-0.25, -0.2) is 0 Å². The Kier molecular flexibility index (Phi) is 4.76. The van der Waals surface area contributed by atoms with Gasteiger partial charge in [0.15, 0.2) is 11.5 Å². The predicted octanol–water partition coefficient (Wildman–Crippen LogP) is 5.37. The molecular weight excluding hydrogens is 388 g/mol. The van der Waals surface area contributed by atoms with Crippen molar-refractivity contribution in [3.63, 3.8) is 0 Å². The summed E-state index contributed by atoms with van der Waals surface area (Å²) in [4.78, 5) is 0. The van der Waals surface area contributed by atoms with Gasteiger partial charge in [-0.15, -0.1) is 0 Å². The molecular formula is C26H22N2O3. The third-order valence-corrected chi connectivity index (χ3v) is 5.98. The highest BCUT2D eigenvalue weighted by Crippen LogP contribution is 2.49. The van der Waals surface area contributed by atoms with Gasteiger partial charge in [0.25, 0.3) is 0 Å². The molecule has 1 unspecified atom stereocenters. The minimum atomic E-state index is -0.223. The molecule has 0 saturated carbocycles. The molecule has 0 bridgehead atoms. The highest BCUT2D eigenvalue weighted by Gasteiger charge is 2.37. The minimum absolute atomic E-state index is 0.223. The third-order valence-electron chi connectivity index (χ3n) is 5.98. The number of ether oxygens (including phenoxy) is 3. The molecule has 0 spiro atoms. The average Bonchev–Trinajstić information content (AvgIpc) is 3.37. The van der Waals surface area contributed by atoms with Crippen molar-refractivity contribution in [2.24, 2.45) is 0 Å². The monoisotopic (exact) mass is 410 g/mol. The molecule has 2 heterocycles. The van der Waals surface area contributed by atoms with Crippen molar-refractivity contribution in [2.75, 3.05) is 14.2 Å². The maximum atomic E-state index is 10.2. The summed E-state index contributed by atoms with van der Waals surface area (Å²) in [6.45, 7) is 0. The first-order valence-electron chi connectivity index (χ1n) is 10.2. The van der Waals surface area contributed by atoms with Crippen molar-refractivity contribution in [1.82, 2.24) is 4.57 Å². The molecule has 0 fully saturated rings. The largest absolute Gasteiger partial charge is 0.493 e. The standard InChI is InChI=1S/C26H22N2O3/c1-29-22-12-10-18(15-23(22)30-2)24-20-11-9-17-7-3-4-8-19(17)25(20)31-26(21(24)16-27)28-13-5-6-14-28/h3-8,10,12-15,24H,9,11H2,1-2H3. The van der Waals surface area contributed by atoms with E-state index >= 15 is 0 Å². The number of allylic oxidation sites excluding steroid dienone is 2. The van der Waals surface area contributed by atoms with E-state index < -0.39 is 0 Å². The number of aromatic nitrogens is 1. The van der Waals surface area contributed by atoms with Crippen molar-refractivity contribution in [1.29, 1.82) is 5.26 Å². The van der Waals surface area contributed by atoms with Gasteiger partial charge in [-0.1, -0.05) is 30.3 Å². The highest BCUT2D eigenvalue weighted by molar-refractivity contribution is 5.79. The number of benzene rings is 2. The lowest BCUT2D eigenvalue weighted by atomic mass is 9.76. The molecule has 1 aliphatic carbocycles. The van der Waals surface area contributed by atoms with Crippen molar-refractivity contribution in [3.8, 4) is 17.6 Å². The second kappa shape index (κ2) is 7.73. The Morgan fingerprint density at radius 2 is 1.74 bits per heavy atom. The topological polar surface area (TPSA) is 56.4 Å². The van der Waals surface area contributed by atoms with Gasteiger partial charge in [-0.3, -0.25) is 4.57 Å². The van der Waals surface area contributed by atoms with E-state index in [1.165, 1.54) is 5.56 Å². The lowest BCUT2D eigenvalue weighted by molar-refractivity contribution is 0.354. The fraction of sp³-hybridized carbons (Fsp3) is 0.192. The molecule has 2 aliphatic rings. The molecule has 2 aromatic carbocycles. The molecule has 5 rings (SSSR count). The number of nitrogens with zero attached hydrogens (tertiary/aromatic N) is 2. The number of hydrogen-bond donors (Lipinski definition) is 0. The fourth-order valence-electron chi connectivity index (χ4n) is 4.54. The highest BCUT2D eigenvalue weighted by atomic mass is 16.5. The summed E-state index contributed by atoms with van der Waals surface area (Å²) < 4.78 is 19.3. The van der Waals surface area contributed by atoms with E-state index in [1.807, 2.05) is 53.4 Å². The summed E-state index contributed by atoms with van der Waals surface area (Å²) in [5.41, 5.74) is 5.05. The van der Waals surface area contributed by atoms with Crippen molar-refractivity contribution < 1.29 is 14.2 Å². The summed E-state index contributed by atoms with van der Waals surface area (Å²) in [6, 6.07) is 20.5. The van der Waals surface area contributed by atoms with Gasteiger partial charge in [0.1, 0.15) is 17.4 Å². The number of fused-ring (bicyclic) bond motifs is 2. The molecule has 3 aromatic rings. The van der Waals surface area contributed by atoms with Gasteiger partial charge in [-0.2, -0.15) is 5.26 Å². The molecule has 5 heteroatoms. The zero-order valence-electron chi connectivity index (χ0n) is 17.5. The van der Waals surface area contributed by atoms with Gasteiger partial charge < -0.3 is 14.2 Å². The fourth-order valence-corrected chi connectivity index (χ4v) is 4.54. The maximum absolute atomic E-state index is 10.2. The molecule has 1 aromatic heterocycles. The van der Waals surface area contributed by atoms with Gasteiger partial charge >= 0.3 is 0 Å². The Balaban J connectivity index is 1.75. The number of methoxy groups -OCH3 is 2. The summed E-state index contributed by atoms with van der Waals surface area (Å²) >= 11 is 0. The zero-order chi connectivity index (χ0) is 21.4. The van der Waals surface area contributed by atoms with Crippen LogP contribution >= 0.6 is 0 Å². The molecule has 5 nitrogen and oxygen atoms in total. The van der Waals surface area contributed by atoms with Gasteiger partial charge in [0.2, 0.25) is 5.88 Å². The molecule has 1 atom stereocenters. The molecule has 0 N–H and O–H groups in total. The smallest absolute Gasteiger partial charge is 0.218 e. The quantitative estimate of drug-likeness (QED) is 0.580. The van der Waals surface area contributed by atoms with E-state index in [4.69, 9.17) is 14.2 Å². The number of nitriles is 1. The van der Waals surface area contributed by atoms with Crippen LogP contribution in [0, 0.1) is 11.3 Å². The Bertz CT molecular complexity index is 1250. The second-order valence-corrected chi connectivity index (χ2v) is 7.58. The van der Waals surface area contributed by atoms with Crippen LogP contribution in [0.2, 0.25) is 0 Å². The summed E-state index contributed by atoms with van der Waals surface area (Å²) in [5.74, 6) is 2.48. The minimum Gasteiger partial charge on any atom is -0.493 e. The molecule has 154 valence electrons. The first kappa shape index (κ1) is 19.1. The van der Waals surface area contributed by atoms with Crippen LogP contribution in [0.5, 0.6) is 11.5 Å². The number of aryl methyl sites for hydroxylation is 1. The SMILES string of the molecule is COc1ccc(C2C(C#N)=C(n3cccc3)OC3=C2CCc2ccccc23)cc1OC. The van der Waals surface area contributed by atoms with Crippen LogP contribution in [0.15, 0.2) is 78.1 Å². The van der Waals surface area contributed by atoms with Gasteiger partial charge in [0, 0.05) is 23.9 Å². The van der Waals surface area contributed by atoms with Crippen LogP contribution in [0.4, 0.5) is 0 Å². The number of rotatable bonds is 4. The molecule has 0 radical (unpaired) electrons. The molecule has 0 saturated heterocycles. The lowest BCUT2D eigenvalue weighted by Gasteiger charge is -2.34. The summed E-state index contributed by atoms with van der Waals surface area (Å²) in [7, 11) is 3.24. The zero-order valence-corrected chi connectivity index (χ0v) is 17.5. The normalized spacial score (nSPS) is 17.4. The first-order valence-corrected chi connectivity index (χ1v) is 10.2. The predicted molar refractivity (Wildman–Crippen MR) is 118 cm³/mol. The molecule has 0 amide bonds. The van der Waals surface area contributed by atoms with Crippen LogP contribution in [0.1, 0.15) is 29.0 Å². The van der Waals surface area contributed by atoms with Crippen LogP contribution in [-0.4, -0.2) is 18.8 Å². The van der Waals surface area contributed by atoms with Crippen LogP contribution < -0.4 is 9.47 Å². The van der Waals surface area contributed by atoms with Crippen LogP contribution in [-0.2, 0) is 11.2 Å². The van der Waals surface area contributed by atoms with E-state index in [0.29, 0.717) is 23.0 Å². The van der Waals surface area contributed by atoms with Crippen LogP contribution in [0.3, 0.4) is 0 Å². The summed E-state index contributed by atoms with van der Waals surface area (Å²) in [6.07, 6.45) is 5.55. The van der Waals surface area contributed by atoms with Crippen molar-refractivity contribution in [3.05, 3.63) is 94.8 Å². The van der Waals surface area contributed by atoms with Crippen molar-refractivity contribution in [2.45, 2.75) is 18.8 Å². The Morgan fingerprint density at radius 1 is 0.968 bits per heavy atom. The van der Waals surface area contributed by atoms with Crippen molar-refractivity contribution >= 4 is 11.6 Å². The Morgan fingerprint density at radius 3 is 2.48 bits per heavy atom. The second-order valence-electron chi connectivity index (χ2n) is 7.58. The van der Waals surface area contributed by atoms with Gasteiger partial charge in [0.05, 0.1) is 14.2 Å². The van der Waals surface area contributed by atoms with E-state index in [-0.39, 0.29) is 5.92 Å². The van der Waals surface area contributed by atoms with E-state index in [1.54, 1.807) is 14.2 Å². The number of hydrogen-bond acceptors (Lipinski definition) is 4. The van der Waals surface area contributed by atoms with Gasteiger partial charge in [-0.05, 0) is 53.8 Å². The lowest BCUT2D eigenvalue weighted by Crippen LogP contribution is -2.21. The third kappa shape index (κ3) is 3.08. The van der Waals surface area contributed by atoms with E-state index in [0.717, 1.165) is 35.3 Å². The van der Waals surface area contributed by atoms with Crippen LogP contribution in [0.25, 0.3) is 11.6 Å². The molecule has 1 aliphatic heterocycles. The van der Waals surface area contributed by atoms with E-state index in [9.17, 15) is 5.26 Å². The Hall–Kier alpha value is -3.91. The molecule has 31 heavy (non-hydrogen) atoms. The Labute approximate surface area is 181 Å². The average molecular weight is 410 g/mol. The van der Waals surface area contributed by atoms with E-state index in [2.05, 4.69) is 24.3 Å². The summed E-state index contributed by atoms with van der Waals surface area (Å²) in [5, 5.41) is 10.2.